The van der Waals surface area contributed by atoms with E-state index in [4.69, 9.17) is 9.47 Å². The maximum Gasteiger partial charge on any atom is 0.270 e. The van der Waals surface area contributed by atoms with Gasteiger partial charge in [-0.05, 0) is 25.8 Å². The van der Waals surface area contributed by atoms with E-state index in [1.54, 1.807) is 13.2 Å². The Hall–Kier alpha value is -1.73. The molecule has 7 nitrogen and oxygen atoms in total. The number of carbonyl (C=O) groups excluding carboxylic acids is 1. The Morgan fingerprint density at radius 1 is 1.52 bits per heavy atom. The van der Waals surface area contributed by atoms with Crippen molar-refractivity contribution < 1.29 is 14.3 Å². The summed E-state index contributed by atoms with van der Waals surface area (Å²) in [6.45, 7) is 4.28. The minimum Gasteiger partial charge on any atom is -0.383 e. The molecule has 1 aromatic rings. The van der Waals surface area contributed by atoms with E-state index >= 15 is 0 Å². The van der Waals surface area contributed by atoms with Gasteiger partial charge in [-0.2, -0.15) is 0 Å². The number of hydrogen-bond donors (Lipinski definition) is 2. The molecule has 2 rings (SSSR count). The lowest BCUT2D eigenvalue weighted by Gasteiger charge is -2.11. The molecule has 1 fully saturated rings. The van der Waals surface area contributed by atoms with Crippen molar-refractivity contribution in [3.63, 3.8) is 0 Å². The minimum atomic E-state index is -0.203. The quantitative estimate of drug-likeness (QED) is 0.722. The molecule has 0 radical (unpaired) electrons. The van der Waals surface area contributed by atoms with Gasteiger partial charge in [0, 0.05) is 32.5 Å². The monoisotopic (exact) mass is 294 g/mol. The third kappa shape index (κ3) is 4.95. The molecule has 7 heteroatoms. The van der Waals surface area contributed by atoms with Gasteiger partial charge < -0.3 is 20.1 Å². The van der Waals surface area contributed by atoms with E-state index in [9.17, 15) is 4.79 Å². The Labute approximate surface area is 124 Å². The van der Waals surface area contributed by atoms with Crippen LogP contribution in [0.5, 0.6) is 0 Å². The molecular formula is C14H22N4O3. The number of aromatic nitrogens is 2. The summed E-state index contributed by atoms with van der Waals surface area (Å²) in [5, 5.41) is 5.88. The second-order valence-electron chi connectivity index (χ2n) is 4.98. The molecule has 21 heavy (non-hydrogen) atoms. The van der Waals surface area contributed by atoms with Gasteiger partial charge in [-0.3, -0.25) is 4.79 Å². The first-order chi connectivity index (χ1) is 10.2. The van der Waals surface area contributed by atoms with Crippen LogP contribution in [0, 0.1) is 6.92 Å². The number of hydrogen-bond acceptors (Lipinski definition) is 6. The summed E-state index contributed by atoms with van der Waals surface area (Å²) in [4.78, 5) is 20.6. The van der Waals surface area contributed by atoms with E-state index in [-0.39, 0.29) is 12.0 Å². The largest absolute Gasteiger partial charge is 0.383 e. The summed E-state index contributed by atoms with van der Waals surface area (Å²) in [6.07, 6.45) is 2.17. The van der Waals surface area contributed by atoms with Crippen LogP contribution >= 0.6 is 0 Å². The van der Waals surface area contributed by atoms with Crippen LogP contribution in [0.2, 0.25) is 0 Å². The maximum absolute atomic E-state index is 12.1. The van der Waals surface area contributed by atoms with Crippen molar-refractivity contribution in [2.75, 3.05) is 38.7 Å². The predicted molar refractivity (Wildman–Crippen MR) is 78.4 cm³/mol. The summed E-state index contributed by atoms with van der Waals surface area (Å²) in [6, 6.07) is 1.67. The molecule has 2 N–H and O–H groups in total. The van der Waals surface area contributed by atoms with Gasteiger partial charge in [-0.25, -0.2) is 9.97 Å². The van der Waals surface area contributed by atoms with Crippen molar-refractivity contribution in [3.8, 4) is 0 Å². The van der Waals surface area contributed by atoms with Crippen LogP contribution in [0.25, 0.3) is 0 Å². The number of aryl methyl sites for hydroxylation is 1. The third-order valence-electron chi connectivity index (χ3n) is 3.19. The molecule has 0 saturated carbocycles. The summed E-state index contributed by atoms with van der Waals surface area (Å²) in [7, 11) is 1.63. The summed E-state index contributed by atoms with van der Waals surface area (Å²) < 4.78 is 10.4. The average Bonchev–Trinajstić information content (AvgIpc) is 2.98. The lowest BCUT2D eigenvalue weighted by atomic mass is 10.2. The number of anilines is 1. The van der Waals surface area contributed by atoms with Crippen LogP contribution in [0.15, 0.2) is 6.07 Å². The first-order valence-electron chi connectivity index (χ1n) is 7.17. The fraction of sp³-hybridized carbons (Fsp3) is 0.643. The molecule has 116 valence electrons. The van der Waals surface area contributed by atoms with E-state index in [2.05, 4.69) is 20.6 Å². The van der Waals surface area contributed by atoms with Gasteiger partial charge in [0.05, 0.1) is 12.7 Å². The van der Waals surface area contributed by atoms with Crippen LogP contribution < -0.4 is 10.6 Å². The molecule has 1 aliphatic heterocycles. The van der Waals surface area contributed by atoms with Crippen LogP contribution in [0.1, 0.15) is 29.0 Å². The van der Waals surface area contributed by atoms with Gasteiger partial charge in [0.25, 0.3) is 5.91 Å². The highest BCUT2D eigenvalue weighted by Gasteiger charge is 2.17. The maximum atomic E-state index is 12.1. The highest BCUT2D eigenvalue weighted by Crippen LogP contribution is 2.11. The Morgan fingerprint density at radius 2 is 2.38 bits per heavy atom. The minimum absolute atomic E-state index is 0.121. The number of carbonyl (C=O) groups is 1. The van der Waals surface area contributed by atoms with Crippen molar-refractivity contribution >= 4 is 11.9 Å². The van der Waals surface area contributed by atoms with Crippen LogP contribution in [-0.2, 0) is 9.47 Å². The topological polar surface area (TPSA) is 85.4 Å². The van der Waals surface area contributed by atoms with E-state index < -0.39 is 0 Å². The smallest absolute Gasteiger partial charge is 0.270 e. The molecule has 0 spiro atoms. The van der Waals surface area contributed by atoms with E-state index in [1.165, 1.54) is 0 Å². The second-order valence-corrected chi connectivity index (χ2v) is 4.98. The fourth-order valence-corrected chi connectivity index (χ4v) is 2.13. The van der Waals surface area contributed by atoms with Crippen LogP contribution in [-0.4, -0.2) is 55.4 Å². The van der Waals surface area contributed by atoms with Crippen molar-refractivity contribution in [3.05, 3.63) is 17.5 Å². The van der Waals surface area contributed by atoms with Gasteiger partial charge in [-0.1, -0.05) is 0 Å². The number of nitrogens with one attached hydrogen (secondary N) is 2. The molecule has 1 unspecified atom stereocenters. The number of nitrogens with zero attached hydrogens (tertiary/aromatic N) is 2. The molecular weight excluding hydrogens is 272 g/mol. The zero-order valence-corrected chi connectivity index (χ0v) is 12.5. The molecule has 0 aliphatic carbocycles. The van der Waals surface area contributed by atoms with Crippen LogP contribution in [0.3, 0.4) is 0 Å². The molecule has 1 aliphatic rings. The van der Waals surface area contributed by atoms with E-state index in [0.29, 0.717) is 31.3 Å². The highest BCUT2D eigenvalue weighted by atomic mass is 16.5. The molecule has 2 heterocycles. The van der Waals surface area contributed by atoms with Gasteiger partial charge >= 0.3 is 0 Å². The molecule has 0 aromatic carbocycles. The summed E-state index contributed by atoms with van der Waals surface area (Å²) in [5.74, 6) is 0.236. The number of methoxy groups -OCH3 is 1. The predicted octanol–water partition coefficient (Wildman–Crippen LogP) is 0.752. The summed E-state index contributed by atoms with van der Waals surface area (Å²) in [5.41, 5.74) is 1.10. The van der Waals surface area contributed by atoms with Crippen molar-refractivity contribution in [2.24, 2.45) is 0 Å². The van der Waals surface area contributed by atoms with Gasteiger partial charge in [0.2, 0.25) is 5.95 Å². The van der Waals surface area contributed by atoms with Crippen molar-refractivity contribution in [1.29, 1.82) is 0 Å². The van der Waals surface area contributed by atoms with E-state index in [1.807, 2.05) is 6.92 Å². The molecule has 1 atom stereocenters. The second kappa shape index (κ2) is 7.90. The lowest BCUT2D eigenvalue weighted by Crippen LogP contribution is -2.32. The summed E-state index contributed by atoms with van der Waals surface area (Å²) >= 11 is 0. The number of rotatable bonds is 7. The normalized spacial score (nSPS) is 17.7. The van der Waals surface area contributed by atoms with Gasteiger partial charge in [0.15, 0.2) is 0 Å². The van der Waals surface area contributed by atoms with Crippen LogP contribution in [0.4, 0.5) is 5.95 Å². The van der Waals surface area contributed by atoms with Gasteiger partial charge in [0.1, 0.15) is 5.69 Å². The first-order valence-corrected chi connectivity index (χ1v) is 7.17. The number of amides is 1. The fourth-order valence-electron chi connectivity index (χ4n) is 2.13. The Kier molecular flexibility index (Phi) is 5.89. The van der Waals surface area contributed by atoms with Crippen molar-refractivity contribution in [1.82, 2.24) is 15.3 Å². The Morgan fingerprint density at radius 3 is 3.10 bits per heavy atom. The van der Waals surface area contributed by atoms with Crippen molar-refractivity contribution in [2.45, 2.75) is 25.9 Å². The molecule has 1 saturated heterocycles. The van der Waals surface area contributed by atoms with Gasteiger partial charge in [-0.15, -0.1) is 0 Å². The lowest BCUT2D eigenvalue weighted by molar-refractivity contribution is 0.0853. The standard InChI is InChI=1S/C14H22N4O3/c1-10-8-12(18-14(17-10)15-5-7-20-2)13(19)16-9-11-4-3-6-21-11/h8,11H,3-7,9H2,1-2H3,(H,16,19)(H,15,17,18). The number of ether oxygens (including phenoxy) is 2. The Balaban J connectivity index is 1.92. The SMILES string of the molecule is COCCNc1nc(C)cc(C(=O)NCC2CCCO2)n1. The molecule has 1 aromatic heterocycles. The zero-order chi connectivity index (χ0) is 15.1. The molecule has 0 bridgehead atoms. The first kappa shape index (κ1) is 15.7. The van der Waals surface area contributed by atoms with E-state index in [0.717, 1.165) is 25.1 Å². The Bertz CT molecular complexity index is 475. The molecule has 1 amide bonds. The third-order valence-corrected chi connectivity index (χ3v) is 3.19. The highest BCUT2D eigenvalue weighted by molar-refractivity contribution is 5.92. The average molecular weight is 294 g/mol. The zero-order valence-electron chi connectivity index (χ0n) is 12.5.